The van der Waals surface area contributed by atoms with Crippen molar-refractivity contribution in [1.82, 2.24) is 10.6 Å². The summed E-state index contributed by atoms with van der Waals surface area (Å²) in [6.45, 7) is 9.61. The molecule has 7 heteroatoms. The first kappa shape index (κ1) is 28.4. The summed E-state index contributed by atoms with van der Waals surface area (Å²) in [4.78, 5) is 11.7. The molecule has 1 saturated heterocycles. The van der Waals surface area contributed by atoms with Crippen molar-refractivity contribution in [3.8, 4) is 11.5 Å². The van der Waals surface area contributed by atoms with Crippen LogP contribution in [0.2, 0.25) is 0 Å². The Morgan fingerprint density at radius 3 is 2.65 bits per heavy atom. The minimum absolute atomic E-state index is 0.107. The third-order valence-corrected chi connectivity index (χ3v) is 6.57. The zero-order valence-electron chi connectivity index (χ0n) is 21.4. The van der Waals surface area contributed by atoms with Crippen LogP contribution in [0.3, 0.4) is 0 Å². The van der Waals surface area contributed by atoms with Crippen molar-refractivity contribution in [2.45, 2.75) is 96.9 Å². The molecule has 1 aliphatic rings. The Morgan fingerprint density at radius 1 is 1.21 bits per heavy atom. The lowest BCUT2D eigenvalue weighted by Crippen LogP contribution is -2.34. The summed E-state index contributed by atoms with van der Waals surface area (Å²) in [6.07, 6.45) is 6.70. The van der Waals surface area contributed by atoms with Gasteiger partial charge in [-0.2, -0.15) is 0 Å². The minimum atomic E-state index is -0.497. The van der Waals surface area contributed by atoms with Crippen LogP contribution in [0.5, 0.6) is 11.5 Å². The van der Waals surface area contributed by atoms with Gasteiger partial charge in [-0.15, -0.1) is 0 Å². The van der Waals surface area contributed by atoms with E-state index in [0.29, 0.717) is 37.4 Å². The van der Waals surface area contributed by atoms with Crippen molar-refractivity contribution in [3.05, 3.63) is 23.8 Å². The molecule has 0 saturated carbocycles. The molecule has 194 valence electrons. The van der Waals surface area contributed by atoms with Gasteiger partial charge < -0.3 is 30.3 Å². The van der Waals surface area contributed by atoms with Crippen molar-refractivity contribution < 1.29 is 24.5 Å². The maximum Gasteiger partial charge on any atom is 0.302 e. The van der Waals surface area contributed by atoms with Crippen LogP contribution in [0.1, 0.15) is 77.7 Å². The van der Waals surface area contributed by atoms with E-state index < -0.39 is 6.10 Å². The van der Waals surface area contributed by atoms with Crippen LogP contribution < -0.4 is 15.4 Å². The molecule has 1 aromatic carbocycles. The monoisotopic (exact) mass is 478 g/mol. The van der Waals surface area contributed by atoms with Crippen LogP contribution >= 0.6 is 0 Å². The molecule has 1 fully saturated rings. The highest BCUT2D eigenvalue weighted by atomic mass is 16.5. The molecule has 3 atom stereocenters. The molecule has 0 radical (unpaired) electrons. The van der Waals surface area contributed by atoms with Gasteiger partial charge in [0.2, 0.25) is 0 Å². The number of phenolic OH excluding ortho intramolecular Hbond substituents is 1. The number of rotatable bonds is 16. The number of phenols is 1. The number of esters is 1. The molecule has 1 aliphatic heterocycles. The van der Waals surface area contributed by atoms with Gasteiger partial charge in [-0.25, -0.2) is 0 Å². The third-order valence-electron chi connectivity index (χ3n) is 6.57. The lowest BCUT2D eigenvalue weighted by molar-refractivity contribution is -0.148. The molecule has 7 nitrogen and oxygen atoms in total. The Morgan fingerprint density at radius 2 is 1.97 bits per heavy atom. The summed E-state index contributed by atoms with van der Waals surface area (Å²) in [7, 11) is 0. The zero-order valence-corrected chi connectivity index (χ0v) is 21.4. The number of aliphatic hydroxyl groups excluding tert-OH is 1. The average Bonchev–Trinajstić information content (AvgIpc) is 2.82. The van der Waals surface area contributed by atoms with Gasteiger partial charge in [-0.3, -0.25) is 4.79 Å². The second-order valence-electron chi connectivity index (χ2n) is 9.58. The second kappa shape index (κ2) is 16.0. The molecule has 0 aliphatic carbocycles. The van der Waals surface area contributed by atoms with Crippen LogP contribution in [0.15, 0.2) is 18.2 Å². The van der Waals surface area contributed by atoms with Crippen molar-refractivity contribution in [2.75, 3.05) is 26.2 Å². The van der Waals surface area contributed by atoms with Crippen LogP contribution in [0.25, 0.3) is 0 Å². The molecular formula is C27H46N2O5. The molecule has 2 rings (SSSR count). The third kappa shape index (κ3) is 11.1. The van der Waals surface area contributed by atoms with Crippen LogP contribution in [-0.2, 0) is 16.0 Å². The van der Waals surface area contributed by atoms with E-state index in [2.05, 4.69) is 24.5 Å². The molecule has 0 spiro atoms. The van der Waals surface area contributed by atoms with E-state index in [0.717, 1.165) is 63.8 Å². The number of nitrogens with one attached hydrogen (secondary N) is 2. The van der Waals surface area contributed by atoms with E-state index in [9.17, 15) is 15.0 Å². The number of benzene rings is 1. The number of carbonyl (C=O) groups excluding carboxylic acids is 1. The standard InChI is InChI=1S/C27H46N2O5/c1-4-14-29-19-21(5-2)6-9-23(31)18-25(33-20(3)30)10-7-22-8-11-26(32)27(17-22)34-24-12-15-28-16-13-24/h8,11,17,21,23-25,28-29,31-32H,4-7,9-10,12-16,18-19H2,1-3H3/t21-,23+,25-/m1/s1. The maximum absolute atomic E-state index is 11.7. The second-order valence-corrected chi connectivity index (χ2v) is 9.58. The van der Waals surface area contributed by atoms with Gasteiger partial charge in [0, 0.05) is 13.3 Å². The number of aliphatic hydroxyl groups is 1. The number of aryl methyl sites for hydroxylation is 1. The number of aromatic hydroxyl groups is 1. The Kier molecular flexibility index (Phi) is 13.3. The first-order valence-corrected chi connectivity index (χ1v) is 13.2. The number of piperidine rings is 1. The highest BCUT2D eigenvalue weighted by molar-refractivity contribution is 5.66. The SMILES string of the molecule is CCCNC[C@H](CC)CC[C@H](O)C[C@@H](CCc1ccc(O)c(OC2CCNCC2)c1)OC(C)=O. The number of ether oxygens (including phenoxy) is 2. The average molecular weight is 479 g/mol. The van der Waals surface area contributed by atoms with E-state index in [1.807, 2.05) is 12.1 Å². The Labute approximate surface area is 205 Å². The molecule has 0 unspecified atom stereocenters. The number of hydrogen-bond acceptors (Lipinski definition) is 7. The number of hydrogen-bond donors (Lipinski definition) is 4. The van der Waals surface area contributed by atoms with Crippen molar-refractivity contribution >= 4 is 5.97 Å². The normalized spacial score (nSPS) is 17.2. The summed E-state index contributed by atoms with van der Waals surface area (Å²) in [5.41, 5.74) is 1.02. The van der Waals surface area contributed by atoms with E-state index in [1.54, 1.807) is 6.07 Å². The van der Waals surface area contributed by atoms with E-state index in [4.69, 9.17) is 9.47 Å². The molecule has 1 heterocycles. The van der Waals surface area contributed by atoms with Crippen LogP contribution in [0, 0.1) is 5.92 Å². The first-order chi connectivity index (χ1) is 16.4. The summed E-state index contributed by atoms with van der Waals surface area (Å²) in [5.74, 6) is 0.876. The van der Waals surface area contributed by atoms with E-state index >= 15 is 0 Å². The molecule has 0 aromatic heterocycles. The quantitative estimate of drug-likeness (QED) is 0.211. The number of carbonyl (C=O) groups is 1. The lowest BCUT2D eigenvalue weighted by atomic mass is 9.95. The van der Waals surface area contributed by atoms with Gasteiger partial charge >= 0.3 is 5.97 Å². The Balaban J connectivity index is 1.86. The van der Waals surface area contributed by atoms with Gasteiger partial charge in [0.1, 0.15) is 12.2 Å². The summed E-state index contributed by atoms with van der Waals surface area (Å²) < 4.78 is 11.6. The van der Waals surface area contributed by atoms with Gasteiger partial charge in [0.05, 0.1) is 6.10 Å². The lowest BCUT2D eigenvalue weighted by Gasteiger charge is -2.24. The Bertz CT molecular complexity index is 708. The predicted molar refractivity (Wildman–Crippen MR) is 135 cm³/mol. The van der Waals surface area contributed by atoms with E-state index in [-0.39, 0.29) is 23.9 Å². The summed E-state index contributed by atoms with van der Waals surface area (Å²) in [6, 6.07) is 5.42. The Hall–Kier alpha value is -1.83. The van der Waals surface area contributed by atoms with Crippen molar-refractivity contribution in [2.24, 2.45) is 5.92 Å². The summed E-state index contributed by atoms with van der Waals surface area (Å²) in [5, 5.41) is 27.6. The fourth-order valence-corrected chi connectivity index (χ4v) is 4.47. The van der Waals surface area contributed by atoms with Gasteiger partial charge in [-0.1, -0.05) is 26.3 Å². The highest BCUT2D eigenvalue weighted by Crippen LogP contribution is 2.30. The molecule has 0 amide bonds. The van der Waals surface area contributed by atoms with E-state index in [1.165, 1.54) is 6.92 Å². The molecular weight excluding hydrogens is 432 g/mol. The minimum Gasteiger partial charge on any atom is -0.504 e. The fourth-order valence-electron chi connectivity index (χ4n) is 4.47. The molecule has 0 bridgehead atoms. The fraction of sp³-hybridized carbons (Fsp3) is 0.741. The zero-order chi connectivity index (χ0) is 24.8. The largest absolute Gasteiger partial charge is 0.504 e. The smallest absolute Gasteiger partial charge is 0.302 e. The van der Waals surface area contributed by atoms with Gasteiger partial charge in [0.25, 0.3) is 0 Å². The molecule has 1 aromatic rings. The van der Waals surface area contributed by atoms with Crippen molar-refractivity contribution in [1.29, 1.82) is 0 Å². The van der Waals surface area contributed by atoms with Crippen LogP contribution in [-0.4, -0.2) is 60.7 Å². The van der Waals surface area contributed by atoms with Gasteiger partial charge in [-0.05, 0) is 94.7 Å². The van der Waals surface area contributed by atoms with Gasteiger partial charge in [0.15, 0.2) is 11.5 Å². The van der Waals surface area contributed by atoms with Crippen LogP contribution in [0.4, 0.5) is 0 Å². The topological polar surface area (TPSA) is 100 Å². The summed E-state index contributed by atoms with van der Waals surface area (Å²) >= 11 is 0. The first-order valence-electron chi connectivity index (χ1n) is 13.2. The van der Waals surface area contributed by atoms with Crippen molar-refractivity contribution in [3.63, 3.8) is 0 Å². The predicted octanol–water partition coefficient (Wildman–Crippen LogP) is 3.94. The maximum atomic E-state index is 11.7. The highest BCUT2D eigenvalue weighted by Gasteiger charge is 2.20. The molecule has 4 N–H and O–H groups in total. The molecule has 34 heavy (non-hydrogen) atoms.